The third-order valence-corrected chi connectivity index (χ3v) is 8.01. The molecule has 2 atom stereocenters. The van der Waals surface area contributed by atoms with Crippen LogP contribution in [-0.2, 0) is 11.3 Å². The second kappa shape index (κ2) is 12.0. The largest absolute Gasteiger partial charge is 0.507 e. The average Bonchev–Trinajstić information content (AvgIpc) is 2.89. The first kappa shape index (κ1) is 27.0. The van der Waals surface area contributed by atoms with Crippen LogP contribution >= 0.6 is 23.2 Å². The van der Waals surface area contributed by atoms with E-state index in [0.717, 1.165) is 37.2 Å². The predicted octanol–water partition coefficient (Wildman–Crippen LogP) is 6.20. The number of benzene rings is 2. The number of aliphatic hydroxyl groups excluding tert-OH is 1. The van der Waals surface area contributed by atoms with E-state index in [1.807, 2.05) is 55.5 Å². The number of rotatable bonds is 10. The SMILES string of the molecule is CC1(Cl)C(c2ccccc2)=CC=CC1(COc1cc(O)c(CO)cc1Cl)OCCCN1CCCCC1. The first-order chi connectivity index (χ1) is 17.4. The fraction of sp³-hybridized carbons (Fsp3) is 0.448. The van der Waals surface area contributed by atoms with Gasteiger partial charge in [-0.15, -0.1) is 11.6 Å². The van der Waals surface area contributed by atoms with Gasteiger partial charge in [0, 0.05) is 24.8 Å². The highest BCUT2D eigenvalue weighted by molar-refractivity contribution is 6.32. The van der Waals surface area contributed by atoms with Crippen molar-refractivity contribution < 1.29 is 19.7 Å². The summed E-state index contributed by atoms with van der Waals surface area (Å²) in [6, 6.07) is 13.0. The number of aliphatic hydroxyl groups is 1. The van der Waals surface area contributed by atoms with E-state index in [-0.39, 0.29) is 19.0 Å². The van der Waals surface area contributed by atoms with Gasteiger partial charge in [0.05, 0.1) is 11.6 Å². The minimum atomic E-state index is -0.981. The maximum Gasteiger partial charge on any atom is 0.143 e. The Labute approximate surface area is 223 Å². The van der Waals surface area contributed by atoms with Gasteiger partial charge in [-0.2, -0.15) is 0 Å². The molecule has 4 rings (SSSR count). The van der Waals surface area contributed by atoms with Crippen molar-refractivity contribution in [1.82, 2.24) is 4.90 Å². The summed E-state index contributed by atoms with van der Waals surface area (Å²) < 4.78 is 12.8. The Balaban J connectivity index is 1.56. The zero-order valence-electron chi connectivity index (χ0n) is 20.8. The van der Waals surface area contributed by atoms with E-state index in [1.54, 1.807) is 0 Å². The van der Waals surface area contributed by atoms with Gasteiger partial charge in [0.25, 0.3) is 0 Å². The number of nitrogens with zero attached hydrogens (tertiary/aromatic N) is 1. The van der Waals surface area contributed by atoms with Crippen LogP contribution in [0.5, 0.6) is 11.5 Å². The summed E-state index contributed by atoms with van der Waals surface area (Å²) in [6.07, 6.45) is 10.7. The number of aromatic hydroxyl groups is 1. The normalized spacial score (nSPS) is 24.5. The summed E-state index contributed by atoms with van der Waals surface area (Å²) in [5.41, 5.74) is 1.32. The van der Waals surface area contributed by atoms with Crippen LogP contribution in [0.15, 0.2) is 60.7 Å². The fourth-order valence-electron chi connectivity index (χ4n) is 4.97. The lowest BCUT2D eigenvalue weighted by molar-refractivity contribution is -0.0544. The first-order valence-electron chi connectivity index (χ1n) is 12.6. The molecule has 5 nitrogen and oxygen atoms in total. The van der Waals surface area contributed by atoms with Gasteiger partial charge >= 0.3 is 0 Å². The van der Waals surface area contributed by atoms with Crippen molar-refractivity contribution in [2.45, 2.75) is 49.7 Å². The molecule has 2 aromatic rings. The van der Waals surface area contributed by atoms with Crippen molar-refractivity contribution in [3.8, 4) is 11.5 Å². The number of phenols is 1. The van der Waals surface area contributed by atoms with Crippen LogP contribution in [0.3, 0.4) is 0 Å². The van der Waals surface area contributed by atoms with Crippen molar-refractivity contribution in [1.29, 1.82) is 0 Å². The molecular formula is C29H35Cl2NO4. The van der Waals surface area contributed by atoms with Crippen LogP contribution in [0, 0.1) is 0 Å². The fourth-order valence-corrected chi connectivity index (χ4v) is 5.55. The Morgan fingerprint density at radius 1 is 1.08 bits per heavy atom. The second-order valence-electron chi connectivity index (χ2n) is 9.66. The highest BCUT2D eigenvalue weighted by atomic mass is 35.5. The predicted molar refractivity (Wildman–Crippen MR) is 146 cm³/mol. The minimum Gasteiger partial charge on any atom is -0.507 e. The zero-order chi connectivity index (χ0) is 25.6. The van der Waals surface area contributed by atoms with Gasteiger partial charge in [-0.05, 0) is 62.6 Å². The molecule has 1 aliphatic carbocycles. The summed E-state index contributed by atoms with van der Waals surface area (Å²) in [4.78, 5) is 1.56. The van der Waals surface area contributed by atoms with Crippen molar-refractivity contribution in [2.24, 2.45) is 0 Å². The Hall–Kier alpha value is -2.02. The summed E-state index contributed by atoms with van der Waals surface area (Å²) in [6.45, 7) is 5.54. The second-order valence-corrected chi connectivity index (χ2v) is 10.8. The molecule has 1 saturated heterocycles. The number of hydrogen-bond donors (Lipinski definition) is 2. The molecule has 36 heavy (non-hydrogen) atoms. The molecule has 194 valence electrons. The van der Waals surface area contributed by atoms with Crippen molar-refractivity contribution in [3.05, 3.63) is 76.8 Å². The highest BCUT2D eigenvalue weighted by Crippen LogP contribution is 2.47. The number of alkyl halides is 1. The Bertz CT molecular complexity index is 1080. The monoisotopic (exact) mass is 531 g/mol. The smallest absolute Gasteiger partial charge is 0.143 e. The lowest BCUT2D eigenvalue weighted by atomic mass is 9.76. The van der Waals surface area contributed by atoms with Gasteiger partial charge in [-0.1, -0.05) is 60.5 Å². The maximum absolute atomic E-state index is 10.2. The van der Waals surface area contributed by atoms with E-state index in [0.29, 0.717) is 22.9 Å². The molecular weight excluding hydrogens is 497 g/mol. The third-order valence-electron chi connectivity index (χ3n) is 7.19. The number of allylic oxidation sites excluding steroid dienone is 2. The van der Waals surface area contributed by atoms with Crippen molar-refractivity contribution in [3.63, 3.8) is 0 Å². The van der Waals surface area contributed by atoms with Gasteiger partial charge in [0.2, 0.25) is 0 Å². The van der Waals surface area contributed by atoms with E-state index in [9.17, 15) is 10.2 Å². The number of halogens is 2. The molecule has 0 spiro atoms. The molecule has 2 aliphatic rings. The lowest BCUT2D eigenvalue weighted by Crippen LogP contribution is -2.55. The minimum absolute atomic E-state index is 0.0777. The molecule has 2 unspecified atom stereocenters. The number of hydrogen-bond acceptors (Lipinski definition) is 5. The summed E-state index contributed by atoms with van der Waals surface area (Å²) in [5.74, 6) is 0.227. The van der Waals surface area contributed by atoms with Crippen LogP contribution in [0.2, 0.25) is 5.02 Å². The molecule has 0 saturated carbocycles. The average molecular weight is 533 g/mol. The van der Waals surface area contributed by atoms with Crippen LogP contribution in [0.4, 0.5) is 0 Å². The summed E-state index contributed by atoms with van der Waals surface area (Å²) >= 11 is 13.8. The molecule has 2 aromatic carbocycles. The van der Waals surface area contributed by atoms with Gasteiger partial charge in [0.1, 0.15) is 28.6 Å². The molecule has 1 fully saturated rings. The van der Waals surface area contributed by atoms with Crippen LogP contribution in [0.1, 0.15) is 43.7 Å². The topological polar surface area (TPSA) is 62.2 Å². The Kier molecular flexibility index (Phi) is 9.02. The van der Waals surface area contributed by atoms with E-state index < -0.39 is 10.5 Å². The van der Waals surface area contributed by atoms with E-state index in [2.05, 4.69) is 4.90 Å². The van der Waals surface area contributed by atoms with Crippen LogP contribution < -0.4 is 4.74 Å². The Morgan fingerprint density at radius 3 is 2.56 bits per heavy atom. The van der Waals surface area contributed by atoms with E-state index >= 15 is 0 Å². The first-order valence-corrected chi connectivity index (χ1v) is 13.4. The van der Waals surface area contributed by atoms with Crippen molar-refractivity contribution in [2.75, 3.05) is 32.8 Å². The molecule has 0 radical (unpaired) electrons. The van der Waals surface area contributed by atoms with Gasteiger partial charge < -0.3 is 24.6 Å². The maximum atomic E-state index is 10.2. The van der Waals surface area contributed by atoms with Crippen LogP contribution in [0.25, 0.3) is 5.57 Å². The molecule has 0 aromatic heterocycles. The van der Waals surface area contributed by atoms with Gasteiger partial charge in [-0.3, -0.25) is 0 Å². The third kappa shape index (κ3) is 5.92. The van der Waals surface area contributed by atoms with E-state index in [1.165, 1.54) is 31.4 Å². The molecule has 0 bridgehead atoms. The Morgan fingerprint density at radius 2 is 1.83 bits per heavy atom. The lowest BCUT2D eigenvalue weighted by Gasteiger charge is -2.45. The molecule has 1 aliphatic heterocycles. The quantitative estimate of drug-likeness (QED) is 0.282. The zero-order valence-corrected chi connectivity index (χ0v) is 22.3. The molecule has 7 heteroatoms. The summed E-state index contributed by atoms with van der Waals surface area (Å²) in [7, 11) is 0. The van der Waals surface area contributed by atoms with Crippen LogP contribution in [-0.4, -0.2) is 58.4 Å². The summed E-state index contributed by atoms with van der Waals surface area (Å²) in [5, 5.41) is 19.9. The van der Waals surface area contributed by atoms with Gasteiger partial charge in [-0.25, -0.2) is 0 Å². The number of likely N-dealkylation sites (tertiary alicyclic amines) is 1. The van der Waals surface area contributed by atoms with Gasteiger partial charge in [0.15, 0.2) is 0 Å². The highest BCUT2D eigenvalue weighted by Gasteiger charge is 2.51. The van der Waals surface area contributed by atoms with Crippen molar-refractivity contribution >= 4 is 28.8 Å². The van der Waals surface area contributed by atoms with E-state index in [4.69, 9.17) is 32.7 Å². The molecule has 0 amide bonds. The number of ether oxygens (including phenoxy) is 2. The molecule has 2 N–H and O–H groups in total. The number of piperidine rings is 1. The standard InChI is InChI=1S/C29H35Cl2NO4/c1-28(31)24(22-10-4-2-5-11-22)12-8-13-29(28,36-17-9-16-32-14-6-3-7-15-32)21-35-27-19-26(34)23(20-33)18-25(27)30/h2,4-5,8,10-13,18-19,33-34H,3,6-7,9,14-17,20-21H2,1H3. The molecule has 1 heterocycles.